The highest BCUT2D eigenvalue weighted by molar-refractivity contribution is 5.96. The van der Waals surface area contributed by atoms with Crippen LogP contribution in [-0.4, -0.2) is 77.8 Å². The van der Waals surface area contributed by atoms with Gasteiger partial charge in [-0.25, -0.2) is 0 Å². The number of aliphatic hydroxyl groups excluding tert-OH is 2. The molecule has 5 rings (SSSR count). The van der Waals surface area contributed by atoms with Crippen molar-refractivity contribution in [3.05, 3.63) is 34.9 Å². The summed E-state index contributed by atoms with van der Waals surface area (Å²) in [4.78, 5) is 41.0. The van der Waals surface area contributed by atoms with E-state index in [-0.39, 0.29) is 25.1 Å². The van der Waals surface area contributed by atoms with Crippen molar-refractivity contribution < 1.29 is 34.1 Å². The van der Waals surface area contributed by atoms with Crippen molar-refractivity contribution in [3.63, 3.8) is 0 Å². The van der Waals surface area contributed by atoms with Crippen LogP contribution in [-0.2, 0) is 9.59 Å². The number of hydrogen-bond donors (Lipinski definition) is 3. The molecule has 218 valence electrons. The number of nitrogens with zero attached hydrogens (tertiary/aromatic N) is 1. The second-order valence-corrected chi connectivity index (χ2v) is 11.7. The number of fused-ring (bicyclic) bond motifs is 3. The summed E-state index contributed by atoms with van der Waals surface area (Å²) in [5.74, 6) is 0.278. The van der Waals surface area contributed by atoms with E-state index in [1.54, 1.807) is 18.2 Å². The van der Waals surface area contributed by atoms with E-state index in [4.69, 9.17) is 9.47 Å². The lowest BCUT2D eigenvalue weighted by Crippen LogP contribution is -2.58. The second kappa shape index (κ2) is 12.7. The second-order valence-electron chi connectivity index (χ2n) is 11.7. The first-order chi connectivity index (χ1) is 19.5. The van der Waals surface area contributed by atoms with Gasteiger partial charge in [-0.2, -0.15) is 0 Å². The van der Waals surface area contributed by atoms with Gasteiger partial charge in [0.15, 0.2) is 11.5 Å². The maximum absolute atomic E-state index is 13.9. The van der Waals surface area contributed by atoms with E-state index in [0.717, 1.165) is 51.4 Å². The summed E-state index contributed by atoms with van der Waals surface area (Å²) in [6.45, 7) is -0.151. The number of ether oxygens (including phenoxy) is 2. The maximum atomic E-state index is 13.9. The van der Waals surface area contributed by atoms with Crippen molar-refractivity contribution >= 4 is 18.1 Å². The number of amides is 2. The van der Waals surface area contributed by atoms with Gasteiger partial charge < -0.3 is 29.9 Å². The van der Waals surface area contributed by atoms with E-state index < -0.39 is 30.1 Å². The number of aliphatic hydroxyl groups is 2. The molecule has 2 amide bonds. The zero-order chi connectivity index (χ0) is 28.2. The Labute approximate surface area is 235 Å². The van der Waals surface area contributed by atoms with Crippen molar-refractivity contribution in [3.8, 4) is 11.5 Å². The van der Waals surface area contributed by atoms with E-state index in [9.17, 15) is 24.6 Å². The fourth-order valence-electron chi connectivity index (χ4n) is 7.26. The van der Waals surface area contributed by atoms with E-state index >= 15 is 0 Å². The van der Waals surface area contributed by atoms with Crippen LogP contribution in [0.4, 0.5) is 0 Å². The minimum absolute atomic E-state index is 0.0148. The Morgan fingerprint density at radius 3 is 2.52 bits per heavy atom. The summed E-state index contributed by atoms with van der Waals surface area (Å²) in [6.07, 6.45) is 11.5. The molecule has 0 radical (unpaired) electrons. The summed E-state index contributed by atoms with van der Waals surface area (Å²) in [6, 6.07) is 2.49. The van der Waals surface area contributed by atoms with Gasteiger partial charge in [0.05, 0.1) is 25.7 Å². The molecule has 1 aliphatic heterocycles. The molecule has 0 saturated heterocycles. The van der Waals surface area contributed by atoms with Crippen molar-refractivity contribution in [2.75, 3.05) is 20.3 Å². The molecule has 3 N–H and O–H groups in total. The Kier molecular flexibility index (Phi) is 9.10. The highest BCUT2D eigenvalue weighted by Crippen LogP contribution is 2.51. The minimum atomic E-state index is -1.09. The van der Waals surface area contributed by atoms with E-state index in [1.165, 1.54) is 20.0 Å². The van der Waals surface area contributed by atoms with Crippen molar-refractivity contribution in [1.82, 2.24) is 10.2 Å². The molecule has 0 aromatic heterocycles. The molecule has 1 heterocycles. The molecular formula is C31H42N2O7. The van der Waals surface area contributed by atoms with Crippen LogP contribution in [0.3, 0.4) is 0 Å². The standard InChI is InChI=1S/C31H42N2O7/c1-39-25-16-20(18-35)15-22-27-23(31(38)32-13-14-34)17-24(28(37)30(27)40-29(22)25)33(21-9-3-2-4-10-21)26(36)12-11-19-7-5-6-8-19/h15-19,21,24,27-28,30,34,37H,2-14H2,1H3,(H,32,38)/t24-,27+,28+,30+/m1/s1. The monoisotopic (exact) mass is 554 g/mol. The average molecular weight is 555 g/mol. The number of nitrogens with one attached hydrogen (secondary N) is 1. The van der Waals surface area contributed by atoms with Crippen molar-refractivity contribution in [2.24, 2.45) is 5.92 Å². The SMILES string of the molecule is COc1cc(C=O)cc2c1O[C@@H]1[C@@H](O)[C@H](N(C(=O)CCC3CCCC3)C3CCCCC3)C=C(C(=O)NCCO)[C@H]21. The zero-order valence-corrected chi connectivity index (χ0v) is 23.3. The van der Waals surface area contributed by atoms with E-state index in [1.807, 2.05) is 4.90 Å². The van der Waals surface area contributed by atoms with Gasteiger partial charge in [0, 0.05) is 35.7 Å². The van der Waals surface area contributed by atoms with Crippen molar-refractivity contribution in [1.29, 1.82) is 0 Å². The third-order valence-corrected chi connectivity index (χ3v) is 9.23. The number of benzene rings is 1. The van der Waals surface area contributed by atoms with Crippen LogP contribution in [0.5, 0.6) is 11.5 Å². The third-order valence-electron chi connectivity index (χ3n) is 9.23. The number of aldehydes is 1. The highest BCUT2D eigenvalue weighted by Gasteiger charge is 2.52. The van der Waals surface area contributed by atoms with E-state index in [2.05, 4.69) is 5.32 Å². The highest BCUT2D eigenvalue weighted by atomic mass is 16.5. The molecule has 0 unspecified atom stereocenters. The fourth-order valence-corrected chi connectivity index (χ4v) is 7.26. The molecule has 2 saturated carbocycles. The quantitative estimate of drug-likeness (QED) is 0.379. The van der Waals surface area contributed by atoms with Crippen LogP contribution in [0.15, 0.2) is 23.8 Å². The molecule has 0 spiro atoms. The van der Waals surface area contributed by atoms with Crippen molar-refractivity contribution in [2.45, 2.75) is 101 Å². The predicted octanol–water partition coefficient (Wildman–Crippen LogP) is 3.26. The topological polar surface area (TPSA) is 125 Å². The molecule has 4 aliphatic rings. The molecule has 1 aromatic carbocycles. The number of rotatable bonds is 10. The summed E-state index contributed by atoms with van der Waals surface area (Å²) < 4.78 is 11.8. The van der Waals surface area contributed by atoms with Crippen LogP contribution in [0, 0.1) is 5.92 Å². The third kappa shape index (κ3) is 5.63. The van der Waals surface area contributed by atoms with Gasteiger partial charge in [0.2, 0.25) is 11.8 Å². The smallest absolute Gasteiger partial charge is 0.247 e. The van der Waals surface area contributed by atoms with Crippen LogP contribution in [0.2, 0.25) is 0 Å². The van der Waals surface area contributed by atoms with Crippen LogP contribution in [0.1, 0.15) is 92.5 Å². The van der Waals surface area contributed by atoms with Crippen LogP contribution >= 0.6 is 0 Å². The molecule has 9 nitrogen and oxygen atoms in total. The summed E-state index contributed by atoms with van der Waals surface area (Å²) in [5.41, 5.74) is 1.32. The molecular weight excluding hydrogens is 512 g/mol. The number of carbonyl (C=O) groups excluding carboxylic acids is 3. The number of hydrogen-bond acceptors (Lipinski definition) is 7. The van der Waals surface area contributed by atoms with Gasteiger partial charge in [0.1, 0.15) is 18.5 Å². The molecule has 9 heteroatoms. The predicted molar refractivity (Wildman–Crippen MR) is 148 cm³/mol. The Bertz CT molecular complexity index is 1120. The van der Waals surface area contributed by atoms with Gasteiger partial charge in [-0.15, -0.1) is 0 Å². The number of carbonyl (C=O) groups is 3. The van der Waals surface area contributed by atoms with Crippen LogP contribution in [0.25, 0.3) is 0 Å². The lowest BCUT2D eigenvalue weighted by Gasteiger charge is -2.45. The average Bonchev–Trinajstić information content (AvgIpc) is 3.64. The molecule has 4 atom stereocenters. The maximum Gasteiger partial charge on any atom is 0.247 e. The van der Waals surface area contributed by atoms with Gasteiger partial charge in [-0.1, -0.05) is 44.9 Å². The normalized spacial score (nSPS) is 26.3. The molecule has 3 aliphatic carbocycles. The van der Waals surface area contributed by atoms with Gasteiger partial charge >= 0.3 is 0 Å². The first-order valence-electron chi connectivity index (χ1n) is 14.9. The Hall–Kier alpha value is -2.91. The lowest BCUT2D eigenvalue weighted by atomic mass is 9.76. The molecule has 40 heavy (non-hydrogen) atoms. The molecule has 1 aromatic rings. The number of methoxy groups -OCH3 is 1. The first-order valence-corrected chi connectivity index (χ1v) is 14.9. The Balaban J connectivity index is 1.53. The van der Waals surface area contributed by atoms with Gasteiger partial charge in [-0.05, 0) is 43.4 Å². The Morgan fingerprint density at radius 1 is 1.12 bits per heavy atom. The summed E-state index contributed by atoms with van der Waals surface area (Å²) in [7, 11) is 1.48. The summed E-state index contributed by atoms with van der Waals surface area (Å²) in [5, 5.41) is 24.0. The largest absolute Gasteiger partial charge is 0.493 e. The molecule has 0 bridgehead atoms. The first kappa shape index (κ1) is 28.6. The fraction of sp³-hybridized carbons (Fsp3) is 0.645. The Morgan fingerprint density at radius 2 is 1.85 bits per heavy atom. The van der Waals surface area contributed by atoms with Crippen LogP contribution < -0.4 is 14.8 Å². The zero-order valence-electron chi connectivity index (χ0n) is 23.3. The van der Waals surface area contributed by atoms with E-state index in [0.29, 0.717) is 46.8 Å². The summed E-state index contributed by atoms with van der Waals surface area (Å²) >= 11 is 0. The van der Waals surface area contributed by atoms with Gasteiger partial charge in [0.25, 0.3) is 0 Å². The minimum Gasteiger partial charge on any atom is -0.493 e. The van der Waals surface area contributed by atoms with Gasteiger partial charge in [-0.3, -0.25) is 14.4 Å². The molecule has 2 fully saturated rings. The lowest BCUT2D eigenvalue weighted by molar-refractivity contribution is -0.141.